The van der Waals surface area contributed by atoms with Gasteiger partial charge in [0.05, 0.1) is 22.4 Å². The molecule has 1 aromatic rings. The molecule has 1 saturated carbocycles. The van der Waals surface area contributed by atoms with E-state index in [1.54, 1.807) is 0 Å². The lowest BCUT2D eigenvalue weighted by Crippen LogP contribution is -2.55. The molecule has 2 nitrogen and oxygen atoms in total. The van der Waals surface area contributed by atoms with Gasteiger partial charge in [0.25, 0.3) is 0 Å². The van der Waals surface area contributed by atoms with Gasteiger partial charge >= 0.3 is 0 Å². The highest BCUT2D eigenvalue weighted by molar-refractivity contribution is 6.34. The predicted molar refractivity (Wildman–Crippen MR) is 60.6 cm³/mol. The van der Waals surface area contributed by atoms with E-state index in [0.29, 0.717) is 0 Å². The third-order valence-corrected chi connectivity index (χ3v) is 4.16. The van der Waals surface area contributed by atoms with E-state index < -0.39 is 0 Å². The Labute approximate surface area is 97.8 Å². The van der Waals surface area contributed by atoms with Gasteiger partial charge in [-0.2, -0.15) is 0 Å². The summed E-state index contributed by atoms with van der Waals surface area (Å²) in [6.45, 7) is 0. The maximum absolute atomic E-state index is 6.15. The first-order chi connectivity index (χ1) is 7.29. The quantitative estimate of drug-likeness (QED) is 0.693. The third kappa shape index (κ3) is 1.28. The van der Waals surface area contributed by atoms with E-state index in [1.165, 1.54) is 0 Å². The summed E-state index contributed by atoms with van der Waals surface area (Å²) in [5.74, 6) is 0.150. The van der Waals surface area contributed by atoms with Crippen LogP contribution in [0.4, 0.5) is 0 Å². The maximum atomic E-state index is 6.15. The van der Waals surface area contributed by atoms with Crippen LogP contribution in [0.25, 0.3) is 0 Å². The van der Waals surface area contributed by atoms with Crippen molar-refractivity contribution in [2.45, 2.75) is 16.9 Å². The third-order valence-electron chi connectivity index (χ3n) is 2.97. The molecule has 1 aliphatic heterocycles. The summed E-state index contributed by atoms with van der Waals surface area (Å²) in [5, 5.41) is 3.88. The highest BCUT2D eigenvalue weighted by Crippen LogP contribution is 2.45. The summed E-state index contributed by atoms with van der Waals surface area (Å²) in [4.78, 5) is 5.27. The van der Waals surface area contributed by atoms with Gasteiger partial charge in [0.2, 0.25) is 0 Å². The number of hydrogen-bond donors (Lipinski definition) is 0. The Bertz CT molecular complexity index is 406. The Morgan fingerprint density at radius 3 is 2.53 bits per heavy atom. The molecule has 4 atom stereocenters. The van der Waals surface area contributed by atoms with E-state index in [0.717, 1.165) is 11.3 Å². The smallest absolute Gasteiger partial charge is 0.155 e. The zero-order valence-electron chi connectivity index (χ0n) is 7.81. The average Bonchev–Trinajstić information content (AvgIpc) is 2.70. The second kappa shape index (κ2) is 3.39. The summed E-state index contributed by atoms with van der Waals surface area (Å²) in [6.07, 6.45) is -0.0376. The minimum Gasteiger partial charge on any atom is -0.390 e. The van der Waals surface area contributed by atoms with E-state index in [-0.39, 0.29) is 22.8 Å². The van der Waals surface area contributed by atoms with E-state index in [1.807, 2.05) is 30.3 Å². The number of rotatable bonds is 1. The number of oxime groups is 1. The van der Waals surface area contributed by atoms with Gasteiger partial charge in [-0.05, 0) is 5.56 Å². The molecule has 1 aliphatic carbocycles. The van der Waals surface area contributed by atoms with Gasteiger partial charge in [0.15, 0.2) is 6.10 Å². The maximum Gasteiger partial charge on any atom is 0.155 e. The fourth-order valence-electron chi connectivity index (χ4n) is 2.08. The first kappa shape index (κ1) is 9.49. The zero-order chi connectivity index (χ0) is 10.4. The molecule has 78 valence electrons. The van der Waals surface area contributed by atoms with Crippen LogP contribution in [0, 0.1) is 5.92 Å². The van der Waals surface area contributed by atoms with Gasteiger partial charge in [0.1, 0.15) is 0 Å². The predicted octanol–water partition coefficient (Wildman–Crippen LogP) is 2.63. The first-order valence-electron chi connectivity index (χ1n) is 4.86. The second-order valence-corrected chi connectivity index (χ2v) is 4.84. The van der Waals surface area contributed by atoms with E-state index in [2.05, 4.69) is 5.16 Å². The van der Waals surface area contributed by atoms with Crippen molar-refractivity contribution in [2.75, 3.05) is 0 Å². The van der Waals surface area contributed by atoms with Crippen molar-refractivity contribution in [1.29, 1.82) is 0 Å². The van der Waals surface area contributed by atoms with Crippen LogP contribution in [-0.4, -0.2) is 22.6 Å². The topological polar surface area (TPSA) is 21.6 Å². The Balaban J connectivity index is 1.91. The van der Waals surface area contributed by atoms with E-state index >= 15 is 0 Å². The molecule has 0 amide bonds. The average molecular weight is 242 g/mol. The van der Waals surface area contributed by atoms with E-state index in [4.69, 9.17) is 28.0 Å². The van der Waals surface area contributed by atoms with Gasteiger partial charge in [-0.25, -0.2) is 0 Å². The lowest BCUT2D eigenvalue weighted by atomic mass is 9.76. The molecule has 0 spiro atoms. The van der Waals surface area contributed by atoms with Crippen LogP contribution in [0.5, 0.6) is 0 Å². The number of benzene rings is 1. The van der Waals surface area contributed by atoms with Crippen LogP contribution in [0.3, 0.4) is 0 Å². The Kier molecular flexibility index (Phi) is 2.15. The van der Waals surface area contributed by atoms with Crippen LogP contribution in [0.1, 0.15) is 5.56 Å². The van der Waals surface area contributed by atoms with Gasteiger partial charge < -0.3 is 4.84 Å². The van der Waals surface area contributed by atoms with Crippen molar-refractivity contribution in [2.24, 2.45) is 11.1 Å². The van der Waals surface area contributed by atoms with Crippen LogP contribution < -0.4 is 0 Å². The van der Waals surface area contributed by atoms with Gasteiger partial charge in [0, 0.05) is 0 Å². The Morgan fingerprint density at radius 2 is 1.80 bits per heavy atom. The lowest BCUT2D eigenvalue weighted by molar-refractivity contribution is 0.0166. The molecule has 1 aromatic carbocycles. The summed E-state index contributed by atoms with van der Waals surface area (Å²) in [6, 6.07) is 9.95. The molecule has 15 heavy (non-hydrogen) atoms. The zero-order valence-corrected chi connectivity index (χ0v) is 9.32. The molecule has 0 unspecified atom stereocenters. The summed E-state index contributed by atoms with van der Waals surface area (Å²) in [5.41, 5.74) is 2.00. The van der Waals surface area contributed by atoms with Crippen LogP contribution in [0.2, 0.25) is 0 Å². The van der Waals surface area contributed by atoms with Crippen molar-refractivity contribution in [3.05, 3.63) is 35.9 Å². The fourth-order valence-corrected chi connectivity index (χ4v) is 2.84. The molecule has 0 bridgehead atoms. The molecular formula is C11H9Cl2NO. The largest absolute Gasteiger partial charge is 0.390 e. The molecule has 0 aromatic heterocycles. The van der Waals surface area contributed by atoms with E-state index in [9.17, 15) is 0 Å². The monoisotopic (exact) mass is 241 g/mol. The van der Waals surface area contributed by atoms with Crippen molar-refractivity contribution in [3.63, 3.8) is 0 Å². The molecule has 1 fully saturated rings. The summed E-state index contributed by atoms with van der Waals surface area (Å²) < 4.78 is 0. The van der Waals surface area contributed by atoms with Crippen molar-refractivity contribution < 1.29 is 4.84 Å². The van der Waals surface area contributed by atoms with Gasteiger partial charge in [-0.15, -0.1) is 23.2 Å². The van der Waals surface area contributed by atoms with Gasteiger partial charge in [-0.3, -0.25) is 0 Å². The van der Waals surface area contributed by atoms with Crippen LogP contribution >= 0.6 is 23.2 Å². The molecule has 0 N–H and O–H groups in total. The number of alkyl halides is 2. The highest BCUT2D eigenvalue weighted by atomic mass is 35.5. The van der Waals surface area contributed by atoms with Crippen molar-refractivity contribution in [1.82, 2.24) is 0 Å². The Morgan fingerprint density at radius 1 is 1.07 bits per heavy atom. The summed E-state index contributed by atoms with van der Waals surface area (Å²) in [7, 11) is 0. The van der Waals surface area contributed by atoms with Gasteiger partial charge in [-0.1, -0.05) is 35.5 Å². The number of nitrogens with zero attached hydrogens (tertiary/aromatic N) is 1. The number of hydrogen-bond acceptors (Lipinski definition) is 2. The molecule has 0 saturated heterocycles. The van der Waals surface area contributed by atoms with Crippen LogP contribution in [-0.2, 0) is 4.84 Å². The minimum atomic E-state index is -0.123. The second-order valence-electron chi connectivity index (χ2n) is 3.83. The molecule has 2 aliphatic rings. The lowest BCUT2D eigenvalue weighted by Gasteiger charge is -2.39. The van der Waals surface area contributed by atoms with Crippen LogP contribution in [0.15, 0.2) is 35.5 Å². The summed E-state index contributed by atoms with van der Waals surface area (Å²) >= 11 is 12.2. The Hall–Kier alpha value is -0.730. The number of halogens is 2. The minimum absolute atomic E-state index is 0.0376. The first-order valence-corrected chi connectivity index (χ1v) is 5.73. The molecule has 0 radical (unpaired) electrons. The van der Waals surface area contributed by atoms with Crippen molar-refractivity contribution in [3.8, 4) is 0 Å². The molecule has 4 heteroatoms. The SMILES string of the molecule is Cl[C@H]1[C@H](Cl)[C@H]2C(c3ccccc3)=NO[C@@H]12. The standard InChI is InChI=1S/C11H9Cl2NO/c12-8-7-10(6-4-2-1-3-5-6)14-15-11(7)9(8)13/h1-5,7-9,11H/t7-,8+,9-,11+/m0/s1. The normalized spacial score (nSPS) is 37.6. The van der Waals surface area contributed by atoms with Crippen molar-refractivity contribution >= 4 is 28.9 Å². The molecule has 1 heterocycles. The highest BCUT2D eigenvalue weighted by Gasteiger charge is 2.56. The molecular weight excluding hydrogens is 233 g/mol. The fraction of sp³-hybridized carbons (Fsp3) is 0.364. The number of fused-ring (bicyclic) bond motifs is 1. The molecule has 3 rings (SSSR count).